The molecule has 0 heterocycles. The maximum Gasteiger partial charge on any atom is 0.315 e. The van der Waals surface area contributed by atoms with Crippen molar-refractivity contribution in [3.8, 4) is 0 Å². The van der Waals surface area contributed by atoms with Crippen molar-refractivity contribution in [1.82, 2.24) is 15.4 Å². The predicted molar refractivity (Wildman–Crippen MR) is 88.2 cm³/mol. The first kappa shape index (κ1) is 19.4. The second-order valence-corrected chi connectivity index (χ2v) is 8.03. The molecule has 3 N–H and O–H groups in total. The van der Waals surface area contributed by atoms with E-state index in [9.17, 15) is 17.6 Å². The first-order chi connectivity index (χ1) is 10.5. The maximum atomic E-state index is 13.6. The number of amides is 2. The molecule has 0 saturated heterocycles. The highest BCUT2D eigenvalue weighted by Gasteiger charge is 2.23. The Morgan fingerprint density at radius 3 is 2.48 bits per heavy atom. The number of hydrogen-bond donors (Lipinski definition) is 3. The molecule has 0 aliphatic rings. The molecule has 8 heteroatoms. The van der Waals surface area contributed by atoms with E-state index in [0.29, 0.717) is 12.0 Å². The molecule has 1 aromatic carbocycles. The van der Waals surface area contributed by atoms with Crippen LogP contribution >= 0.6 is 0 Å². The standard InChI is InChI=1S/C15H24FN3O3S/c1-11(9-12-7-5-6-8-13(12)16)18-14(20)17-10-15(2,3)19-23(4,21)22/h5-8,11,19H,9-10H2,1-4H3,(H2,17,18,20). The van der Waals surface area contributed by atoms with Gasteiger partial charge >= 0.3 is 6.03 Å². The second-order valence-electron chi connectivity index (χ2n) is 6.28. The summed E-state index contributed by atoms with van der Waals surface area (Å²) in [5.74, 6) is -0.306. The molecule has 0 spiro atoms. The van der Waals surface area contributed by atoms with Gasteiger partial charge in [-0.3, -0.25) is 0 Å². The lowest BCUT2D eigenvalue weighted by Gasteiger charge is -2.26. The summed E-state index contributed by atoms with van der Waals surface area (Å²) in [6.45, 7) is 5.22. The van der Waals surface area contributed by atoms with Crippen molar-refractivity contribution in [2.24, 2.45) is 0 Å². The highest BCUT2D eigenvalue weighted by molar-refractivity contribution is 7.88. The number of sulfonamides is 1. The normalized spacial score (nSPS) is 13.4. The SMILES string of the molecule is CC(Cc1ccccc1F)NC(=O)NCC(C)(C)NS(C)(=O)=O. The summed E-state index contributed by atoms with van der Waals surface area (Å²) in [4.78, 5) is 11.8. The third kappa shape index (κ3) is 7.94. The maximum absolute atomic E-state index is 13.6. The van der Waals surface area contributed by atoms with E-state index in [1.807, 2.05) is 0 Å². The number of halogens is 1. The summed E-state index contributed by atoms with van der Waals surface area (Å²) in [6.07, 6.45) is 1.43. The van der Waals surface area contributed by atoms with E-state index in [1.54, 1.807) is 39.0 Å². The van der Waals surface area contributed by atoms with E-state index < -0.39 is 21.6 Å². The topological polar surface area (TPSA) is 87.3 Å². The molecule has 23 heavy (non-hydrogen) atoms. The van der Waals surface area contributed by atoms with Crippen LogP contribution < -0.4 is 15.4 Å². The predicted octanol–water partition coefficient (Wildman–Crippen LogP) is 1.38. The van der Waals surface area contributed by atoms with Crippen LogP contribution in [0.3, 0.4) is 0 Å². The molecule has 0 aliphatic heterocycles. The van der Waals surface area contributed by atoms with Gasteiger partial charge in [-0.1, -0.05) is 18.2 Å². The highest BCUT2D eigenvalue weighted by atomic mass is 32.2. The third-order valence-corrected chi connectivity index (χ3v) is 3.94. The molecule has 0 fully saturated rings. The van der Waals surface area contributed by atoms with E-state index in [-0.39, 0.29) is 18.4 Å². The fourth-order valence-corrected chi connectivity index (χ4v) is 3.23. The van der Waals surface area contributed by atoms with Crippen LogP contribution in [0.1, 0.15) is 26.3 Å². The van der Waals surface area contributed by atoms with Gasteiger partial charge in [-0.15, -0.1) is 0 Å². The Morgan fingerprint density at radius 2 is 1.91 bits per heavy atom. The molecule has 0 radical (unpaired) electrons. The van der Waals surface area contributed by atoms with Crippen molar-refractivity contribution < 1.29 is 17.6 Å². The Hall–Kier alpha value is -1.67. The third-order valence-electron chi connectivity index (χ3n) is 3.01. The quantitative estimate of drug-likeness (QED) is 0.698. The molecule has 130 valence electrons. The average Bonchev–Trinajstić information content (AvgIpc) is 2.36. The van der Waals surface area contributed by atoms with Crippen LogP contribution in [0.4, 0.5) is 9.18 Å². The van der Waals surface area contributed by atoms with Crippen LogP contribution in [0.5, 0.6) is 0 Å². The van der Waals surface area contributed by atoms with Crippen molar-refractivity contribution in [2.75, 3.05) is 12.8 Å². The number of nitrogens with one attached hydrogen (secondary N) is 3. The fourth-order valence-electron chi connectivity index (χ4n) is 2.16. The van der Waals surface area contributed by atoms with Gasteiger partial charge in [0.2, 0.25) is 10.0 Å². The summed E-state index contributed by atoms with van der Waals surface area (Å²) in [5, 5.41) is 5.30. The van der Waals surface area contributed by atoms with Gasteiger partial charge < -0.3 is 10.6 Å². The van der Waals surface area contributed by atoms with E-state index in [0.717, 1.165) is 6.26 Å². The summed E-state index contributed by atoms with van der Waals surface area (Å²) < 4.78 is 38.4. The number of benzene rings is 1. The van der Waals surface area contributed by atoms with Crippen LogP contribution in [-0.4, -0.2) is 38.8 Å². The lowest BCUT2D eigenvalue weighted by Crippen LogP contribution is -2.53. The number of carbonyl (C=O) groups excluding carboxylic acids is 1. The molecule has 0 bridgehead atoms. The van der Waals surface area contributed by atoms with Gasteiger partial charge in [0.05, 0.1) is 6.26 Å². The Kier molecular flexibility index (Phi) is 6.52. The van der Waals surface area contributed by atoms with Crippen LogP contribution in [-0.2, 0) is 16.4 Å². The van der Waals surface area contributed by atoms with Gasteiger partial charge in [0.1, 0.15) is 5.82 Å². The van der Waals surface area contributed by atoms with Crippen molar-refractivity contribution in [2.45, 2.75) is 38.8 Å². The van der Waals surface area contributed by atoms with Gasteiger partial charge in [-0.25, -0.2) is 22.3 Å². The summed E-state index contributed by atoms with van der Waals surface area (Å²) >= 11 is 0. The van der Waals surface area contributed by atoms with Crippen molar-refractivity contribution in [1.29, 1.82) is 0 Å². The average molecular weight is 345 g/mol. The first-order valence-electron chi connectivity index (χ1n) is 7.25. The molecule has 1 atom stereocenters. The zero-order valence-corrected chi connectivity index (χ0v) is 14.6. The van der Waals surface area contributed by atoms with Gasteiger partial charge in [0.25, 0.3) is 0 Å². The van der Waals surface area contributed by atoms with Crippen molar-refractivity contribution in [3.05, 3.63) is 35.6 Å². The number of carbonyl (C=O) groups is 1. The summed E-state index contributed by atoms with van der Waals surface area (Å²) in [6, 6.07) is 5.70. The number of rotatable bonds is 7. The van der Waals surface area contributed by atoms with Crippen LogP contribution in [0.2, 0.25) is 0 Å². The minimum Gasteiger partial charge on any atom is -0.336 e. The molecule has 1 unspecified atom stereocenters. The van der Waals surface area contributed by atoms with E-state index in [2.05, 4.69) is 15.4 Å². The Balaban J connectivity index is 2.46. The molecular formula is C15H24FN3O3S. The number of urea groups is 1. The molecule has 0 aromatic heterocycles. The molecule has 2 amide bonds. The van der Waals surface area contributed by atoms with Crippen LogP contribution in [0.15, 0.2) is 24.3 Å². The fraction of sp³-hybridized carbons (Fsp3) is 0.533. The van der Waals surface area contributed by atoms with Crippen molar-refractivity contribution in [3.63, 3.8) is 0 Å². The smallest absolute Gasteiger partial charge is 0.315 e. The largest absolute Gasteiger partial charge is 0.336 e. The Bertz CT molecular complexity index is 647. The molecular weight excluding hydrogens is 321 g/mol. The zero-order chi connectivity index (χ0) is 17.7. The van der Waals surface area contributed by atoms with E-state index in [1.165, 1.54) is 6.07 Å². The summed E-state index contributed by atoms with van der Waals surface area (Å²) in [7, 11) is -3.36. The zero-order valence-electron chi connectivity index (χ0n) is 13.8. The van der Waals surface area contributed by atoms with Gasteiger partial charge in [0, 0.05) is 18.1 Å². The van der Waals surface area contributed by atoms with Gasteiger partial charge in [0.15, 0.2) is 0 Å². The van der Waals surface area contributed by atoms with Gasteiger partial charge in [-0.05, 0) is 38.8 Å². The minimum absolute atomic E-state index is 0.123. The molecule has 6 nitrogen and oxygen atoms in total. The molecule has 1 rings (SSSR count). The van der Waals surface area contributed by atoms with Crippen LogP contribution in [0.25, 0.3) is 0 Å². The lowest BCUT2D eigenvalue weighted by atomic mass is 10.1. The lowest BCUT2D eigenvalue weighted by molar-refractivity contribution is 0.234. The second kappa shape index (κ2) is 7.74. The van der Waals surface area contributed by atoms with E-state index in [4.69, 9.17) is 0 Å². The number of hydrogen-bond acceptors (Lipinski definition) is 3. The monoisotopic (exact) mass is 345 g/mol. The minimum atomic E-state index is -3.36. The molecule has 1 aromatic rings. The van der Waals surface area contributed by atoms with E-state index >= 15 is 0 Å². The first-order valence-corrected chi connectivity index (χ1v) is 9.14. The highest BCUT2D eigenvalue weighted by Crippen LogP contribution is 2.09. The Labute approximate surface area is 136 Å². The van der Waals surface area contributed by atoms with Gasteiger partial charge in [-0.2, -0.15) is 0 Å². The summed E-state index contributed by atoms with van der Waals surface area (Å²) in [5.41, 5.74) is -0.279. The van der Waals surface area contributed by atoms with Crippen molar-refractivity contribution >= 4 is 16.1 Å². The molecule has 0 saturated carbocycles. The Morgan fingerprint density at radius 1 is 1.30 bits per heavy atom. The molecule has 0 aliphatic carbocycles. The van der Waals surface area contributed by atoms with Crippen LogP contribution in [0, 0.1) is 5.82 Å².